The van der Waals surface area contributed by atoms with Crippen molar-refractivity contribution in [3.05, 3.63) is 47.5 Å². The maximum absolute atomic E-state index is 12.9. The van der Waals surface area contributed by atoms with Crippen molar-refractivity contribution in [2.24, 2.45) is 0 Å². The van der Waals surface area contributed by atoms with Gasteiger partial charge in [0.2, 0.25) is 6.79 Å². The summed E-state index contributed by atoms with van der Waals surface area (Å²) in [6.45, 7) is 8.32. The Labute approximate surface area is 149 Å². The predicted molar refractivity (Wildman–Crippen MR) is 98.0 cm³/mol. The third-order valence-corrected chi connectivity index (χ3v) is 5.61. The third kappa shape index (κ3) is 3.44. The van der Waals surface area contributed by atoms with Crippen molar-refractivity contribution in [1.82, 2.24) is 0 Å². The predicted octanol–water partition coefficient (Wildman–Crippen LogP) is 4.46. The second-order valence-electron chi connectivity index (χ2n) is 6.74. The molecule has 0 amide bonds. The first-order chi connectivity index (χ1) is 11.8. The molecule has 0 spiro atoms. The molecule has 0 fully saturated rings. The molecule has 1 N–H and O–H groups in total. The van der Waals surface area contributed by atoms with Crippen LogP contribution in [0.5, 0.6) is 11.5 Å². The van der Waals surface area contributed by atoms with Crippen molar-refractivity contribution in [2.75, 3.05) is 11.5 Å². The van der Waals surface area contributed by atoms with Gasteiger partial charge in [-0.2, -0.15) is 0 Å². The minimum atomic E-state index is -3.73. The zero-order valence-electron chi connectivity index (χ0n) is 14.9. The zero-order valence-corrected chi connectivity index (χ0v) is 15.7. The van der Waals surface area contributed by atoms with Gasteiger partial charge in [-0.1, -0.05) is 45.9 Å². The second kappa shape index (κ2) is 6.59. The van der Waals surface area contributed by atoms with Crippen molar-refractivity contribution in [3.8, 4) is 11.5 Å². The van der Waals surface area contributed by atoms with Crippen molar-refractivity contribution >= 4 is 15.7 Å². The number of benzene rings is 2. The number of anilines is 1. The fourth-order valence-electron chi connectivity index (χ4n) is 2.91. The van der Waals surface area contributed by atoms with E-state index in [4.69, 9.17) is 9.47 Å². The number of rotatable bonds is 5. The number of ether oxygens (including phenoxy) is 2. The number of fused-ring (bicyclic) bond motifs is 1. The Balaban J connectivity index is 2.04. The second-order valence-corrected chi connectivity index (χ2v) is 8.42. The Morgan fingerprint density at radius 3 is 2.12 bits per heavy atom. The van der Waals surface area contributed by atoms with E-state index in [0.29, 0.717) is 17.2 Å². The van der Waals surface area contributed by atoms with E-state index < -0.39 is 10.0 Å². The van der Waals surface area contributed by atoms with Crippen LogP contribution in [0.3, 0.4) is 0 Å². The first-order valence-electron chi connectivity index (χ1n) is 8.35. The van der Waals surface area contributed by atoms with Crippen LogP contribution in [0.15, 0.2) is 41.3 Å². The number of hydrogen-bond acceptors (Lipinski definition) is 4. The van der Waals surface area contributed by atoms with E-state index in [2.05, 4.69) is 32.4 Å². The molecular weight excluding hydrogens is 338 g/mol. The monoisotopic (exact) mass is 361 g/mol. The summed E-state index contributed by atoms with van der Waals surface area (Å²) in [5, 5.41) is 0. The molecule has 0 aromatic heterocycles. The van der Waals surface area contributed by atoms with Gasteiger partial charge in [-0.15, -0.1) is 0 Å². The standard InChI is InChI=1S/C19H23NO4S/c1-12(2)15-6-5-7-16(13(3)4)19(15)20-25(21,22)14-8-9-17-18(10-14)24-11-23-17/h5-10,12-13,20H,11H2,1-4H3. The molecule has 0 saturated carbocycles. The number of para-hydroxylation sites is 1. The molecule has 1 heterocycles. The lowest BCUT2D eigenvalue weighted by Crippen LogP contribution is -2.16. The Hall–Kier alpha value is -2.21. The van der Waals surface area contributed by atoms with Gasteiger partial charge in [-0.3, -0.25) is 4.72 Å². The highest BCUT2D eigenvalue weighted by molar-refractivity contribution is 7.92. The normalized spacial score (nSPS) is 13.5. The highest BCUT2D eigenvalue weighted by Crippen LogP contribution is 2.36. The zero-order chi connectivity index (χ0) is 18.2. The van der Waals surface area contributed by atoms with Gasteiger partial charge < -0.3 is 9.47 Å². The van der Waals surface area contributed by atoms with Crippen LogP contribution in [-0.4, -0.2) is 15.2 Å². The molecule has 5 nitrogen and oxygen atoms in total. The lowest BCUT2D eigenvalue weighted by atomic mass is 9.93. The first kappa shape index (κ1) is 17.6. The van der Waals surface area contributed by atoms with Crippen LogP contribution in [0.25, 0.3) is 0 Å². The van der Waals surface area contributed by atoms with Gasteiger partial charge in [0.05, 0.1) is 10.6 Å². The summed E-state index contributed by atoms with van der Waals surface area (Å²) in [7, 11) is -3.73. The van der Waals surface area contributed by atoms with Crippen molar-refractivity contribution in [1.29, 1.82) is 0 Å². The summed E-state index contributed by atoms with van der Waals surface area (Å²) in [6.07, 6.45) is 0. The molecule has 6 heteroatoms. The fourth-order valence-corrected chi connectivity index (χ4v) is 4.04. The van der Waals surface area contributed by atoms with Gasteiger partial charge >= 0.3 is 0 Å². The molecule has 0 saturated heterocycles. The van der Waals surface area contributed by atoms with E-state index in [1.54, 1.807) is 6.07 Å². The van der Waals surface area contributed by atoms with Crippen LogP contribution in [0.4, 0.5) is 5.69 Å². The van der Waals surface area contributed by atoms with Crippen LogP contribution in [0.1, 0.15) is 50.7 Å². The smallest absolute Gasteiger partial charge is 0.262 e. The van der Waals surface area contributed by atoms with Crippen molar-refractivity contribution in [3.63, 3.8) is 0 Å². The largest absolute Gasteiger partial charge is 0.454 e. The van der Waals surface area contributed by atoms with E-state index in [0.717, 1.165) is 11.1 Å². The van der Waals surface area contributed by atoms with E-state index in [9.17, 15) is 8.42 Å². The molecule has 0 unspecified atom stereocenters. The Kier molecular flexibility index (Phi) is 4.64. The molecular formula is C19H23NO4S. The molecule has 3 rings (SSSR count). The summed E-state index contributed by atoms with van der Waals surface area (Å²) >= 11 is 0. The lowest BCUT2D eigenvalue weighted by Gasteiger charge is -2.21. The molecule has 2 aromatic carbocycles. The SMILES string of the molecule is CC(C)c1cccc(C(C)C)c1NS(=O)(=O)c1ccc2c(c1)OCO2. The van der Waals surface area contributed by atoms with Crippen LogP contribution >= 0.6 is 0 Å². The Bertz CT molecular complexity index is 862. The highest BCUT2D eigenvalue weighted by Gasteiger charge is 2.23. The number of hydrogen-bond donors (Lipinski definition) is 1. The van der Waals surface area contributed by atoms with Gasteiger partial charge in [0.25, 0.3) is 10.0 Å². The topological polar surface area (TPSA) is 64.6 Å². The fraction of sp³-hybridized carbons (Fsp3) is 0.368. The maximum atomic E-state index is 12.9. The number of nitrogens with one attached hydrogen (secondary N) is 1. The summed E-state index contributed by atoms with van der Waals surface area (Å²) in [5.74, 6) is 1.41. The van der Waals surface area contributed by atoms with Crippen molar-refractivity contribution < 1.29 is 17.9 Å². The molecule has 0 atom stereocenters. The van der Waals surface area contributed by atoms with Gasteiger partial charge in [-0.05, 0) is 35.1 Å². The summed E-state index contributed by atoms with van der Waals surface area (Å²) in [4.78, 5) is 0.157. The molecule has 1 aliphatic rings. The molecule has 0 radical (unpaired) electrons. The molecule has 2 aromatic rings. The maximum Gasteiger partial charge on any atom is 0.262 e. The van der Waals surface area contributed by atoms with Gasteiger partial charge in [0.1, 0.15) is 0 Å². The highest BCUT2D eigenvalue weighted by atomic mass is 32.2. The lowest BCUT2D eigenvalue weighted by molar-refractivity contribution is 0.174. The summed E-state index contributed by atoms with van der Waals surface area (Å²) in [5.41, 5.74) is 2.64. The van der Waals surface area contributed by atoms with E-state index in [-0.39, 0.29) is 23.5 Å². The van der Waals surface area contributed by atoms with E-state index in [1.807, 2.05) is 18.2 Å². The van der Waals surface area contributed by atoms with E-state index in [1.165, 1.54) is 12.1 Å². The van der Waals surface area contributed by atoms with Crippen LogP contribution in [0, 0.1) is 0 Å². The van der Waals surface area contributed by atoms with Gasteiger partial charge in [0, 0.05) is 6.07 Å². The Morgan fingerprint density at radius 2 is 1.52 bits per heavy atom. The van der Waals surface area contributed by atoms with Crippen LogP contribution < -0.4 is 14.2 Å². The van der Waals surface area contributed by atoms with Crippen molar-refractivity contribution in [2.45, 2.75) is 44.4 Å². The van der Waals surface area contributed by atoms with Crippen LogP contribution in [-0.2, 0) is 10.0 Å². The molecule has 134 valence electrons. The van der Waals surface area contributed by atoms with Gasteiger partial charge in [0.15, 0.2) is 11.5 Å². The Morgan fingerprint density at radius 1 is 0.920 bits per heavy atom. The minimum Gasteiger partial charge on any atom is -0.454 e. The van der Waals surface area contributed by atoms with Crippen LogP contribution in [0.2, 0.25) is 0 Å². The van der Waals surface area contributed by atoms with E-state index >= 15 is 0 Å². The summed E-state index contributed by atoms with van der Waals surface area (Å²) < 4.78 is 39.2. The quantitative estimate of drug-likeness (QED) is 0.854. The van der Waals surface area contributed by atoms with Gasteiger partial charge in [-0.25, -0.2) is 8.42 Å². The molecule has 25 heavy (non-hydrogen) atoms. The third-order valence-electron chi connectivity index (χ3n) is 4.26. The molecule has 0 bridgehead atoms. The molecule has 1 aliphatic heterocycles. The average Bonchev–Trinajstić information content (AvgIpc) is 3.01. The number of sulfonamides is 1. The summed E-state index contributed by atoms with van der Waals surface area (Å²) in [6, 6.07) is 10.6. The first-order valence-corrected chi connectivity index (χ1v) is 9.83. The minimum absolute atomic E-state index is 0.111. The average molecular weight is 361 g/mol. The molecule has 0 aliphatic carbocycles.